The van der Waals surface area contributed by atoms with Gasteiger partial charge in [-0.15, -0.1) is 0 Å². The number of nitrogens with zero attached hydrogens (tertiary/aromatic N) is 6. The summed E-state index contributed by atoms with van der Waals surface area (Å²) in [7, 11) is 3.32. The number of pyridine rings is 2. The molecule has 45 heavy (non-hydrogen) atoms. The van der Waals surface area contributed by atoms with E-state index in [0.717, 1.165) is 16.7 Å². The number of carbonyl (C=O) groups excluding carboxylic acids is 2. The summed E-state index contributed by atoms with van der Waals surface area (Å²) in [6, 6.07) is 14.1. The number of carbonyl (C=O) groups is 2. The Balaban J connectivity index is 1.28. The number of nitrogens with one attached hydrogen (secondary N) is 2. The third-order valence-electron chi connectivity index (χ3n) is 7.45. The number of anilines is 3. The Bertz CT molecular complexity index is 1890. The van der Waals surface area contributed by atoms with E-state index in [1.807, 2.05) is 19.1 Å². The molecule has 2 aromatic carbocycles. The van der Waals surface area contributed by atoms with Crippen LogP contribution in [0.15, 0.2) is 73.2 Å². The molecule has 6 rings (SSSR count). The molecule has 0 saturated carbocycles. The molecule has 0 unspecified atom stereocenters. The molecule has 5 aromatic rings. The van der Waals surface area contributed by atoms with E-state index >= 15 is 4.39 Å². The lowest BCUT2D eigenvalue weighted by Gasteiger charge is -2.28. The minimum absolute atomic E-state index is 0.0131. The molecule has 4 heterocycles. The van der Waals surface area contributed by atoms with Gasteiger partial charge < -0.3 is 25.2 Å². The first-order chi connectivity index (χ1) is 21.8. The number of urea groups is 1. The molecule has 3 amide bonds. The Morgan fingerprint density at radius 1 is 0.933 bits per heavy atom. The van der Waals surface area contributed by atoms with Crippen molar-refractivity contribution >= 4 is 40.2 Å². The summed E-state index contributed by atoms with van der Waals surface area (Å²) in [6.07, 6.45) is 5.33. The van der Waals surface area contributed by atoms with E-state index in [0.29, 0.717) is 65.8 Å². The van der Waals surface area contributed by atoms with Gasteiger partial charge in [0.25, 0.3) is 5.91 Å². The van der Waals surface area contributed by atoms with E-state index in [4.69, 9.17) is 19.7 Å². The Hall–Kier alpha value is -5.49. The van der Waals surface area contributed by atoms with E-state index in [1.54, 1.807) is 63.0 Å². The first kappa shape index (κ1) is 29.6. The van der Waals surface area contributed by atoms with Crippen molar-refractivity contribution in [3.05, 3.63) is 90.1 Å². The number of aryl methyl sites for hydroxylation is 1. The molecule has 3 aromatic heterocycles. The Morgan fingerprint density at radius 3 is 2.42 bits per heavy atom. The van der Waals surface area contributed by atoms with Gasteiger partial charge in [-0.2, -0.15) is 0 Å². The van der Waals surface area contributed by atoms with Crippen LogP contribution in [0.3, 0.4) is 0 Å². The van der Waals surface area contributed by atoms with Crippen LogP contribution >= 0.6 is 0 Å². The van der Waals surface area contributed by atoms with Crippen molar-refractivity contribution in [2.75, 3.05) is 55.9 Å². The maximum Gasteiger partial charge on any atom is 0.323 e. The predicted octanol–water partition coefficient (Wildman–Crippen LogP) is 5.38. The topological polar surface area (TPSA) is 125 Å². The van der Waals surface area contributed by atoms with Crippen LogP contribution in [0, 0.1) is 12.7 Å². The molecule has 0 atom stereocenters. The molecule has 11 nitrogen and oxygen atoms in total. The van der Waals surface area contributed by atoms with Crippen molar-refractivity contribution in [3.8, 4) is 22.5 Å². The number of hydrogen-bond donors (Lipinski definition) is 2. The largest absolute Gasteiger partial charge is 0.378 e. The van der Waals surface area contributed by atoms with E-state index in [1.165, 1.54) is 17.0 Å². The van der Waals surface area contributed by atoms with Crippen LogP contribution in [0.5, 0.6) is 0 Å². The molecule has 2 N–H and O–H groups in total. The van der Waals surface area contributed by atoms with Crippen LogP contribution in [0.2, 0.25) is 0 Å². The van der Waals surface area contributed by atoms with Gasteiger partial charge in [0.15, 0.2) is 11.6 Å². The molecular weight excluding hydrogens is 575 g/mol. The molecule has 0 radical (unpaired) electrons. The molecule has 1 fully saturated rings. The van der Waals surface area contributed by atoms with Crippen LogP contribution in [0.4, 0.5) is 26.4 Å². The summed E-state index contributed by atoms with van der Waals surface area (Å²) < 4.78 is 20.9. The number of halogens is 1. The number of hydrogen-bond acceptors (Lipinski definition) is 8. The van der Waals surface area contributed by atoms with Crippen molar-refractivity contribution in [2.45, 2.75) is 6.92 Å². The van der Waals surface area contributed by atoms with Crippen molar-refractivity contribution in [2.24, 2.45) is 0 Å². The van der Waals surface area contributed by atoms with Gasteiger partial charge in [-0.3, -0.25) is 14.8 Å². The van der Waals surface area contributed by atoms with Crippen molar-refractivity contribution in [1.29, 1.82) is 0 Å². The van der Waals surface area contributed by atoms with E-state index < -0.39 is 11.8 Å². The van der Waals surface area contributed by atoms with Crippen molar-refractivity contribution in [3.63, 3.8) is 0 Å². The van der Waals surface area contributed by atoms with Crippen LogP contribution in [-0.4, -0.2) is 77.2 Å². The van der Waals surface area contributed by atoms with Crippen LogP contribution in [0.25, 0.3) is 33.5 Å². The van der Waals surface area contributed by atoms with Gasteiger partial charge in [0.05, 0.1) is 24.4 Å². The number of fused-ring (bicyclic) bond motifs is 1. The monoisotopic (exact) mass is 606 g/mol. The minimum Gasteiger partial charge on any atom is -0.378 e. The third kappa shape index (κ3) is 6.41. The first-order valence-electron chi connectivity index (χ1n) is 14.4. The zero-order chi connectivity index (χ0) is 31.5. The Kier molecular flexibility index (Phi) is 8.30. The standard InChI is InChI=1S/C33H31FN8O3/c1-20-10-11-35-19-25(20)23-17-28-29(36-18-23)31(42-12-14-45-15-13-42)40-30(38-28)22-6-9-27(26(34)16-22)39-33(44)37-24-7-4-21(5-8-24)32(43)41(2)3/h4-11,16-19H,12-15H2,1-3H3,(H2,37,39,44). The van der Waals surface area contributed by atoms with Gasteiger partial charge in [0.2, 0.25) is 0 Å². The minimum atomic E-state index is -0.649. The number of amides is 3. The zero-order valence-corrected chi connectivity index (χ0v) is 25.0. The summed E-state index contributed by atoms with van der Waals surface area (Å²) in [5, 5.41) is 5.19. The van der Waals surface area contributed by atoms with Gasteiger partial charge in [0, 0.05) is 73.7 Å². The fourth-order valence-electron chi connectivity index (χ4n) is 5.04. The summed E-state index contributed by atoms with van der Waals surface area (Å²) in [6.45, 7) is 4.40. The molecule has 1 saturated heterocycles. The second-order valence-corrected chi connectivity index (χ2v) is 10.8. The SMILES string of the molecule is Cc1ccncc1-c1cnc2c(N3CCOCC3)nc(-c3ccc(NC(=O)Nc4ccc(C(=O)N(C)C)cc4)c(F)c3)nc2c1. The number of rotatable bonds is 6. The molecule has 228 valence electrons. The second kappa shape index (κ2) is 12.6. The molecule has 0 spiro atoms. The van der Waals surface area contributed by atoms with Crippen LogP contribution in [0.1, 0.15) is 15.9 Å². The van der Waals surface area contributed by atoms with Crippen LogP contribution < -0.4 is 15.5 Å². The highest BCUT2D eigenvalue weighted by Crippen LogP contribution is 2.31. The molecule has 1 aliphatic rings. The van der Waals surface area contributed by atoms with Crippen LogP contribution in [-0.2, 0) is 4.74 Å². The highest BCUT2D eigenvalue weighted by molar-refractivity contribution is 6.00. The average Bonchev–Trinajstić information content (AvgIpc) is 3.05. The van der Waals surface area contributed by atoms with Crippen molar-refractivity contribution in [1.82, 2.24) is 24.8 Å². The lowest BCUT2D eigenvalue weighted by atomic mass is 10.0. The van der Waals surface area contributed by atoms with Gasteiger partial charge in [-0.25, -0.2) is 19.2 Å². The van der Waals surface area contributed by atoms with Gasteiger partial charge in [-0.05, 0) is 67.1 Å². The average molecular weight is 607 g/mol. The molecule has 0 bridgehead atoms. The quantitative estimate of drug-likeness (QED) is 0.264. The number of aromatic nitrogens is 4. The number of morpholine rings is 1. The molecular formula is C33H31FN8O3. The summed E-state index contributed by atoms with van der Waals surface area (Å²) in [4.78, 5) is 46.9. The van der Waals surface area contributed by atoms with Gasteiger partial charge >= 0.3 is 6.03 Å². The lowest BCUT2D eigenvalue weighted by molar-refractivity contribution is 0.0827. The van der Waals surface area contributed by atoms with Gasteiger partial charge in [-0.1, -0.05) is 0 Å². The number of benzene rings is 2. The maximum atomic E-state index is 15.4. The lowest BCUT2D eigenvalue weighted by Crippen LogP contribution is -2.37. The molecule has 12 heteroatoms. The zero-order valence-electron chi connectivity index (χ0n) is 25.0. The van der Waals surface area contributed by atoms with E-state index in [2.05, 4.69) is 20.5 Å². The Labute approximate surface area is 259 Å². The summed E-state index contributed by atoms with van der Waals surface area (Å²) in [5.41, 5.74) is 5.48. The molecule has 0 aliphatic carbocycles. The highest BCUT2D eigenvalue weighted by Gasteiger charge is 2.21. The summed E-state index contributed by atoms with van der Waals surface area (Å²) in [5.74, 6) is 0.172. The normalized spacial score (nSPS) is 13.0. The van der Waals surface area contributed by atoms with E-state index in [-0.39, 0.29) is 11.6 Å². The van der Waals surface area contributed by atoms with Crippen molar-refractivity contribution < 1.29 is 18.7 Å². The van der Waals surface area contributed by atoms with E-state index in [9.17, 15) is 9.59 Å². The molecule has 1 aliphatic heterocycles. The predicted molar refractivity (Wildman–Crippen MR) is 171 cm³/mol. The third-order valence-corrected chi connectivity index (χ3v) is 7.45. The maximum absolute atomic E-state index is 15.4. The Morgan fingerprint density at radius 2 is 1.71 bits per heavy atom. The summed E-state index contributed by atoms with van der Waals surface area (Å²) >= 11 is 0. The fourth-order valence-corrected chi connectivity index (χ4v) is 5.04. The second-order valence-electron chi connectivity index (χ2n) is 10.8. The highest BCUT2D eigenvalue weighted by atomic mass is 19.1. The smallest absolute Gasteiger partial charge is 0.323 e. The first-order valence-corrected chi connectivity index (χ1v) is 14.4. The van der Waals surface area contributed by atoms with Gasteiger partial charge in [0.1, 0.15) is 11.3 Å². The number of ether oxygens (including phenoxy) is 1. The fraction of sp³-hybridized carbons (Fsp3) is 0.212.